The molecule has 4 heteroatoms. The van der Waals surface area contributed by atoms with E-state index in [-0.39, 0.29) is 0 Å². The second-order valence-electron chi connectivity index (χ2n) is 4.61. The van der Waals surface area contributed by atoms with Crippen LogP contribution in [0.5, 0.6) is 0 Å². The molecule has 1 aliphatic heterocycles. The molecule has 1 fully saturated rings. The second kappa shape index (κ2) is 4.44. The maximum Gasteiger partial charge on any atom is 0.297 e. The van der Waals surface area contributed by atoms with E-state index in [2.05, 4.69) is 23.7 Å². The Kier molecular flexibility index (Phi) is 3.19. The molecule has 2 atom stereocenters. The lowest BCUT2D eigenvalue weighted by Crippen LogP contribution is -2.38. The van der Waals surface area contributed by atoms with E-state index in [0.29, 0.717) is 17.7 Å². The number of alkyl halides is 1. The van der Waals surface area contributed by atoms with Gasteiger partial charge in [0.2, 0.25) is 0 Å². The predicted molar refractivity (Wildman–Crippen MR) is 61.2 cm³/mol. The summed E-state index contributed by atoms with van der Waals surface area (Å²) in [6.45, 7) is 6.61. The number of hydrogen-bond donors (Lipinski definition) is 0. The van der Waals surface area contributed by atoms with E-state index < -0.39 is 0 Å². The van der Waals surface area contributed by atoms with E-state index in [9.17, 15) is 0 Å². The highest BCUT2D eigenvalue weighted by atomic mass is 35.5. The van der Waals surface area contributed by atoms with Gasteiger partial charge in [-0.05, 0) is 18.3 Å². The number of nitrogens with zero attached hydrogens (tertiary/aromatic N) is 2. The third-order valence-electron chi connectivity index (χ3n) is 2.82. The first-order valence-corrected chi connectivity index (χ1v) is 5.97. The lowest BCUT2D eigenvalue weighted by molar-refractivity contribution is 0.340. The van der Waals surface area contributed by atoms with Gasteiger partial charge >= 0.3 is 0 Å². The smallest absolute Gasteiger partial charge is 0.297 e. The molecule has 84 valence electrons. The number of hydrogen-bond acceptors (Lipinski definition) is 3. The first kappa shape index (κ1) is 10.8. The Morgan fingerprint density at radius 1 is 1.47 bits per heavy atom. The van der Waals surface area contributed by atoms with Crippen molar-refractivity contribution in [3.8, 4) is 0 Å². The molecule has 0 amide bonds. The molecule has 1 aliphatic rings. The van der Waals surface area contributed by atoms with Crippen LogP contribution >= 0.6 is 11.6 Å². The number of rotatable bonds is 2. The Bertz CT molecular complexity index is 316. The summed E-state index contributed by atoms with van der Waals surface area (Å²) >= 11 is 5.70. The molecule has 0 aliphatic carbocycles. The van der Waals surface area contributed by atoms with Gasteiger partial charge in [0, 0.05) is 13.1 Å². The van der Waals surface area contributed by atoms with Crippen LogP contribution in [0.3, 0.4) is 0 Å². The average Bonchev–Trinajstić information content (AvgIpc) is 2.64. The van der Waals surface area contributed by atoms with Gasteiger partial charge in [0.25, 0.3) is 6.01 Å². The quantitative estimate of drug-likeness (QED) is 0.729. The topological polar surface area (TPSA) is 29.3 Å². The van der Waals surface area contributed by atoms with Crippen molar-refractivity contribution < 1.29 is 4.42 Å². The summed E-state index contributed by atoms with van der Waals surface area (Å²) in [6.07, 6.45) is 2.94. The molecule has 0 saturated carbocycles. The summed E-state index contributed by atoms with van der Waals surface area (Å²) in [4.78, 5) is 6.57. The molecular weight excluding hydrogens is 212 g/mol. The van der Waals surface area contributed by atoms with Crippen LogP contribution in [-0.2, 0) is 5.88 Å². The van der Waals surface area contributed by atoms with Crippen molar-refractivity contribution in [1.29, 1.82) is 0 Å². The standard InChI is InChI=1S/C11H17ClN2O/c1-8-3-9(2)6-14(5-8)11-13-10(4-12)7-15-11/h7-9H,3-6H2,1-2H3. The molecule has 1 saturated heterocycles. The molecule has 2 rings (SSSR count). The van der Waals surface area contributed by atoms with Crippen molar-refractivity contribution in [3.05, 3.63) is 12.0 Å². The number of halogens is 1. The van der Waals surface area contributed by atoms with E-state index >= 15 is 0 Å². The fraction of sp³-hybridized carbons (Fsp3) is 0.727. The summed E-state index contributed by atoms with van der Waals surface area (Å²) in [7, 11) is 0. The van der Waals surface area contributed by atoms with Gasteiger partial charge in [0.05, 0.1) is 11.6 Å². The van der Waals surface area contributed by atoms with Crippen LogP contribution in [-0.4, -0.2) is 18.1 Å². The molecule has 15 heavy (non-hydrogen) atoms. The SMILES string of the molecule is CC1CC(C)CN(c2nc(CCl)co2)C1. The van der Waals surface area contributed by atoms with Crippen molar-refractivity contribution in [2.75, 3.05) is 18.0 Å². The number of oxazole rings is 1. The van der Waals surface area contributed by atoms with Crippen LogP contribution in [0, 0.1) is 11.8 Å². The minimum atomic E-state index is 0.419. The maximum atomic E-state index is 5.70. The fourth-order valence-electron chi connectivity index (χ4n) is 2.32. The van der Waals surface area contributed by atoms with Crippen molar-refractivity contribution in [2.24, 2.45) is 11.8 Å². The minimum absolute atomic E-state index is 0.419. The van der Waals surface area contributed by atoms with Crippen LogP contribution in [0.2, 0.25) is 0 Å². The van der Waals surface area contributed by atoms with Crippen LogP contribution in [0.1, 0.15) is 26.0 Å². The zero-order valence-electron chi connectivity index (χ0n) is 9.24. The molecule has 0 bridgehead atoms. The Labute approximate surface area is 95.4 Å². The normalized spacial score (nSPS) is 27.0. The summed E-state index contributed by atoms with van der Waals surface area (Å²) in [6, 6.07) is 0.726. The van der Waals surface area contributed by atoms with Crippen molar-refractivity contribution in [3.63, 3.8) is 0 Å². The first-order chi connectivity index (χ1) is 7.19. The minimum Gasteiger partial charge on any atom is -0.432 e. The maximum absolute atomic E-state index is 5.70. The van der Waals surface area contributed by atoms with E-state index in [1.807, 2.05) is 0 Å². The van der Waals surface area contributed by atoms with Crippen LogP contribution in [0.25, 0.3) is 0 Å². The third kappa shape index (κ3) is 2.46. The lowest BCUT2D eigenvalue weighted by Gasteiger charge is -2.33. The Balaban J connectivity index is 2.09. The summed E-state index contributed by atoms with van der Waals surface area (Å²) in [5.74, 6) is 1.84. The highest BCUT2D eigenvalue weighted by Crippen LogP contribution is 2.25. The van der Waals surface area contributed by atoms with Crippen molar-refractivity contribution in [1.82, 2.24) is 4.98 Å². The molecule has 0 spiro atoms. The van der Waals surface area contributed by atoms with Crippen LogP contribution < -0.4 is 4.90 Å². The Morgan fingerprint density at radius 2 is 2.13 bits per heavy atom. The summed E-state index contributed by atoms with van der Waals surface area (Å²) < 4.78 is 5.42. The molecule has 2 heterocycles. The number of piperidine rings is 1. The van der Waals surface area contributed by atoms with Gasteiger partial charge < -0.3 is 9.32 Å². The largest absolute Gasteiger partial charge is 0.432 e. The van der Waals surface area contributed by atoms with E-state index in [1.165, 1.54) is 6.42 Å². The molecule has 0 N–H and O–H groups in total. The lowest BCUT2D eigenvalue weighted by atomic mass is 9.92. The van der Waals surface area contributed by atoms with Gasteiger partial charge in [-0.25, -0.2) is 0 Å². The van der Waals surface area contributed by atoms with Crippen molar-refractivity contribution >= 4 is 17.6 Å². The van der Waals surface area contributed by atoms with Gasteiger partial charge in [-0.1, -0.05) is 13.8 Å². The Hall–Kier alpha value is -0.700. The van der Waals surface area contributed by atoms with E-state index in [1.54, 1.807) is 6.26 Å². The van der Waals surface area contributed by atoms with Crippen molar-refractivity contribution in [2.45, 2.75) is 26.1 Å². The highest BCUT2D eigenvalue weighted by molar-refractivity contribution is 6.16. The molecule has 1 aromatic rings. The number of aromatic nitrogens is 1. The monoisotopic (exact) mass is 228 g/mol. The Morgan fingerprint density at radius 3 is 2.67 bits per heavy atom. The van der Waals surface area contributed by atoms with E-state index in [0.717, 1.165) is 24.8 Å². The molecule has 1 aromatic heterocycles. The average molecular weight is 229 g/mol. The summed E-state index contributed by atoms with van der Waals surface area (Å²) in [5.41, 5.74) is 0.817. The van der Waals surface area contributed by atoms with Crippen LogP contribution in [0.4, 0.5) is 6.01 Å². The second-order valence-corrected chi connectivity index (χ2v) is 4.87. The molecule has 0 radical (unpaired) electrons. The molecule has 0 aromatic carbocycles. The van der Waals surface area contributed by atoms with Gasteiger partial charge in [-0.2, -0.15) is 4.98 Å². The first-order valence-electron chi connectivity index (χ1n) is 5.44. The number of anilines is 1. The molecule has 3 nitrogen and oxygen atoms in total. The van der Waals surface area contributed by atoms with Gasteiger partial charge in [-0.3, -0.25) is 0 Å². The van der Waals surface area contributed by atoms with E-state index in [4.69, 9.17) is 16.0 Å². The summed E-state index contributed by atoms with van der Waals surface area (Å²) in [5, 5.41) is 0. The van der Waals surface area contributed by atoms with Gasteiger partial charge in [0.15, 0.2) is 0 Å². The van der Waals surface area contributed by atoms with Gasteiger partial charge in [-0.15, -0.1) is 11.6 Å². The third-order valence-corrected chi connectivity index (χ3v) is 3.09. The molecular formula is C11H17ClN2O. The van der Waals surface area contributed by atoms with Crippen LogP contribution in [0.15, 0.2) is 10.7 Å². The predicted octanol–water partition coefficient (Wildman–Crippen LogP) is 2.90. The fourth-order valence-corrected chi connectivity index (χ4v) is 2.44. The zero-order chi connectivity index (χ0) is 10.8. The van der Waals surface area contributed by atoms with Gasteiger partial charge in [0.1, 0.15) is 6.26 Å². The zero-order valence-corrected chi connectivity index (χ0v) is 10.00. The molecule has 2 unspecified atom stereocenters. The highest BCUT2D eigenvalue weighted by Gasteiger charge is 2.24.